The van der Waals surface area contributed by atoms with Crippen LogP contribution in [0.5, 0.6) is 0 Å². The van der Waals surface area contributed by atoms with Gasteiger partial charge >= 0.3 is 12.1 Å². The van der Waals surface area contributed by atoms with E-state index in [1.807, 2.05) is 0 Å². The van der Waals surface area contributed by atoms with Crippen LogP contribution in [-0.2, 0) is 19.0 Å². The fourth-order valence-corrected chi connectivity index (χ4v) is 2.06. The fraction of sp³-hybridized carbons (Fsp3) is 0.400. The molecule has 0 saturated carbocycles. The number of aromatic carboxylic acids is 1. The minimum Gasteiger partial charge on any atom is -0.478 e. The van der Waals surface area contributed by atoms with Crippen LogP contribution in [0.1, 0.15) is 33.7 Å². The Bertz CT molecular complexity index is 497. The van der Waals surface area contributed by atoms with E-state index in [1.165, 1.54) is 0 Å². The first-order chi connectivity index (χ1) is 7.82. The summed E-state index contributed by atoms with van der Waals surface area (Å²) in [5.41, 5.74) is 3.29. The summed E-state index contributed by atoms with van der Waals surface area (Å²) in [5.74, 6) is -1.44. The van der Waals surface area contributed by atoms with E-state index in [-0.39, 0.29) is 5.69 Å². The monoisotopic (exact) mass is 246 g/mol. The number of fused-ring (bicyclic) bond motifs is 1. The summed E-state index contributed by atoms with van der Waals surface area (Å²) in [6.45, 7) is 0. The molecule has 0 spiro atoms. The predicted octanol–water partition coefficient (Wildman–Crippen LogP) is 1.87. The summed E-state index contributed by atoms with van der Waals surface area (Å²) < 4.78 is 37.9. The molecule has 1 aliphatic carbocycles. The zero-order valence-electron chi connectivity index (χ0n) is 8.64. The molecule has 0 aromatic carbocycles. The van der Waals surface area contributed by atoms with Gasteiger partial charge in [-0.15, -0.1) is 0 Å². The van der Waals surface area contributed by atoms with Crippen LogP contribution in [0.2, 0.25) is 0 Å². The van der Waals surface area contributed by atoms with Crippen molar-refractivity contribution in [2.24, 2.45) is 0 Å². The number of carboxylic acids is 1. The molecular formula is C10H9F3N2O2. The molecular weight excluding hydrogens is 237 g/mol. The molecule has 0 aliphatic heterocycles. The van der Waals surface area contributed by atoms with Crippen LogP contribution in [-0.4, -0.2) is 16.1 Å². The van der Waals surface area contributed by atoms with Crippen LogP contribution in [0.4, 0.5) is 18.9 Å². The molecule has 17 heavy (non-hydrogen) atoms. The van der Waals surface area contributed by atoms with E-state index in [2.05, 4.69) is 4.98 Å². The van der Waals surface area contributed by atoms with E-state index in [1.54, 1.807) is 0 Å². The van der Waals surface area contributed by atoms with Crippen LogP contribution in [0.3, 0.4) is 0 Å². The molecule has 4 nitrogen and oxygen atoms in total. The Balaban J connectivity index is 2.74. The minimum absolute atomic E-state index is 0.198. The Kier molecular flexibility index (Phi) is 2.48. The Hall–Kier alpha value is -1.79. The minimum atomic E-state index is -4.73. The maximum absolute atomic E-state index is 12.6. The number of hydrogen-bond acceptors (Lipinski definition) is 3. The van der Waals surface area contributed by atoms with Gasteiger partial charge in [0.15, 0.2) is 5.69 Å². The smallest absolute Gasteiger partial charge is 0.435 e. The quantitative estimate of drug-likeness (QED) is 0.793. The molecule has 0 unspecified atom stereocenters. The number of halogens is 3. The van der Waals surface area contributed by atoms with E-state index >= 15 is 0 Å². The van der Waals surface area contributed by atoms with Crippen molar-refractivity contribution in [3.8, 4) is 0 Å². The highest BCUT2D eigenvalue weighted by atomic mass is 19.4. The van der Waals surface area contributed by atoms with Gasteiger partial charge in [0.2, 0.25) is 0 Å². The summed E-state index contributed by atoms with van der Waals surface area (Å²) >= 11 is 0. The van der Waals surface area contributed by atoms with E-state index in [0.29, 0.717) is 24.8 Å². The summed E-state index contributed by atoms with van der Waals surface area (Å²) in [4.78, 5) is 14.4. The van der Waals surface area contributed by atoms with E-state index in [4.69, 9.17) is 10.8 Å². The summed E-state index contributed by atoms with van der Waals surface area (Å²) in [6, 6.07) is 0. The lowest BCUT2D eigenvalue weighted by atomic mass is 10.0. The second kappa shape index (κ2) is 3.61. The first-order valence-electron chi connectivity index (χ1n) is 4.94. The predicted molar refractivity (Wildman–Crippen MR) is 52.6 cm³/mol. The van der Waals surface area contributed by atoms with Crippen molar-refractivity contribution in [3.05, 3.63) is 22.5 Å². The highest BCUT2D eigenvalue weighted by Crippen LogP contribution is 2.37. The lowest BCUT2D eigenvalue weighted by Gasteiger charge is -2.14. The van der Waals surface area contributed by atoms with Gasteiger partial charge in [0.25, 0.3) is 0 Å². The second-order valence-corrected chi connectivity index (χ2v) is 3.83. The van der Waals surface area contributed by atoms with Crippen molar-refractivity contribution in [1.82, 2.24) is 4.98 Å². The van der Waals surface area contributed by atoms with Crippen LogP contribution in [0.15, 0.2) is 0 Å². The number of aryl methyl sites for hydroxylation is 1. The molecule has 7 heteroatoms. The Morgan fingerprint density at radius 3 is 2.53 bits per heavy atom. The third-order valence-electron chi connectivity index (χ3n) is 2.74. The average Bonchev–Trinajstić information content (AvgIpc) is 2.61. The van der Waals surface area contributed by atoms with Crippen molar-refractivity contribution in [3.63, 3.8) is 0 Å². The number of rotatable bonds is 1. The molecule has 3 N–H and O–H groups in total. The van der Waals surface area contributed by atoms with Crippen molar-refractivity contribution in [1.29, 1.82) is 0 Å². The molecule has 0 bridgehead atoms. The van der Waals surface area contributed by atoms with Crippen molar-refractivity contribution in [2.75, 3.05) is 5.73 Å². The molecule has 0 atom stereocenters. The van der Waals surface area contributed by atoms with Crippen molar-refractivity contribution >= 4 is 11.7 Å². The van der Waals surface area contributed by atoms with E-state index < -0.39 is 29.1 Å². The number of nitrogen functional groups attached to an aromatic ring is 1. The summed E-state index contributed by atoms with van der Waals surface area (Å²) in [6.07, 6.45) is -3.36. The van der Waals surface area contributed by atoms with Gasteiger partial charge in [-0.3, -0.25) is 0 Å². The van der Waals surface area contributed by atoms with Crippen LogP contribution < -0.4 is 5.73 Å². The lowest BCUT2D eigenvalue weighted by molar-refractivity contribution is -0.140. The summed E-state index contributed by atoms with van der Waals surface area (Å²) in [7, 11) is 0. The number of carboxylic acid groups (broad SMARTS) is 1. The molecule has 0 radical (unpaired) electrons. The van der Waals surface area contributed by atoms with Gasteiger partial charge in [-0.1, -0.05) is 0 Å². The summed E-state index contributed by atoms with van der Waals surface area (Å²) in [5, 5.41) is 8.94. The third kappa shape index (κ3) is 1.81. The van der Waals surface area contributed by atoms with Gasteiger partial charge in [-0.2, -0.15) is 13.2 Å². The molecule has 1 aromatic heterocycles. The average molecular weight is 246 g/mol. The first-order valence-corrected chi connectivity index (χ1v) is 4.94. The molecule has 1 aliphatic rings. The van der Waals surface area contributed by atoms with E-state index in [9.17, 15) is 18.0 Å². The van der Waals surface area contributed by atoms with Crippen molar-refractivity contribution in [2.45, 2.75) is 25.4 Å². The molecule has 2 rings (SSSR count). The SMILES string of the molecule is Nc1c(C(F)(F)F)nc2c(c1C(=O)O)CCC2. The molecule has 1 aromatic rings. The molecule has 1 heterocycles. The lowest BCUT2D eigenvalue weighted by Crippen LogP contribution is -2.18. The highest BCUT2D eigenvalue weighted by molar-refractivity contribution is 5.96. The van der Waals surface area contributed by atoms with Gasteiger partial charge in [0.1, 0.15) is 0 Å². The molecule has 0 amide bonds. The Labute approximate surface area is 94.3 Å². The largest absolute Gasteiger partial charge is 0.478 e. The Morgan fingerprint density at radius 1 is 1.35 bits per heavy atom. The number of nitrogens with zero attached hydrogens (tertiary/aromatic N) is 1. The Morgan fingerprint density at radius 2 is 2.00 bits per heavy atom. The van der Waals surface area contributed by atoms with Crippen LogP contribution in [0, 0.1) is 0 Å². The number of pyridine rings is 1. The molecule has 0 fully saturated rings. The van der Waals surface area contributed by atoms with Crippen LogP contribution >= 0.6 is 0 Å². The van der Waals surface area contributed by atoms with Crippen molar-refractivity contribution < 1.29 is 23.1 Å². The van der Waals surface area contributed by atoms with E-state index in [0.717, 1.165) is 0 Å². The normalized spacial score (nSPS) is 14.8. The number of nitrogens with two attached hydrogens (primary N) is 1. The number of anilines is 1. The van der Waals surface area contributed by atoms with Gasteiger partial charge < -0.3 is 10.8 Å². The fourth-order valence-electron chi connectivity index (χ4n) is 2.06. The molecule has 92 valence electrons. The van der Waals surface area contributed by atoms with Crippen LogP contribution in [0.25, 0.3) is 0 Å². The zero-order chi connectivity index (χ0) is 12.8. The molecule has 0 saturated heterocycles. The van der Waals surface area contributed by atoms with Gasteiger partial charge in [0, 0.05) is 5.69 Å². The van der Waals surface area contributed by atoms with Gasteiger partial charge in [-0.05, 0) is 24.8 Å². The highest BCUT2D eigenvalue weighted by Gasteiger charge is 2.39. The second-order valence-electron chi connectivity index (χ2n) is 3.83. The topological polar surface area (TPSA) is 76.2 Å². The maximum atomic E-state index is 12.6. The van der Waals surface area contributed by atoms with Gasteiger partial charge in [0.05, 0.1) is 11.3 Å². The zero-order valence-corrected chi connectivity index (χ0v) is 8.64. The number of carbonyl (C=O) groups is 1. The maximum Gasteiger partial charge on any atom is 0.435 e. The van der Waals surface area contributed by atoms with Gasteiger partial charge in [-0.25, -0.2) is 9.78 Å². The number of aromatic nitrogens is 1. The standard InChI is InChI=1S/C10H9F3N2O2/c11-10(12,13)8-7(14)6(9(16)17)4-2-1-3-5(4)15-8/h1-3,14H2,(H,16,17). The third-order valence-corrected chi connectivity index (χ3v) is 2.74. The number of hydrogen-bond donors (Lipinski definition) is 2. The number of alkyl halides is 3. The first kappa shape index (κ1) is 11.7.